The molecule has 0 radical (unpaired) electrons. The fraction of sp³-hybridized carbons (Fsp3) is 0.426. The van der Waals surface area contributed by atoms with Crippen molar-refractivity contribution in [3.8, 4) is 0 Å². The number of benzene rings is 3. The van der Waals surface area contributed by atoms with E-state index >= 15 is 0 Å². The zero-order valence-corrected chi connectivity index (χ0v) is 36.7. The van der Waals surface area contributed by atoms with Crippen molar-refractivity contribution in [2.45, 2.75) is 114 Å². The second-order valence-electron chi connectivity index (χ2n) is 16.5. The number of primary amides is 1. The molecule has 1 fully saturated rings. The lowest BCUT2D eigenvalue weighted by atomic mass is 9.73. The Bertz CT molecular complexity index is 2220. The summed E-state index contributed by atoms with van der Waals surface area (Å²) in [5.41, 5.74) is 18.7. The number of hydrogen-bond acceptors (Lipinski definition) is 7. The first-order valence-electron chi connectivity index (χ1n) is 22.0. The first kappa shape index (κ1) is 48.1. The van der Waals surface area contributed by atoms with E-state index in [4.69, 9.17) is 17.2 Å². The number of aromatic nitrogens is 1. The van der Waals surface area contributed by atoms with Crippen LogP contribution in [-0.2, 0) is 36.8 Å². The number of nitrogens with two attached hydrogens (primary N) is 3. The fourth-order valence-corrected chi connectivity index (χ4v) is 8.01. The van der Waals surface area contributed by atoms with E-state index in [2.05, 4.69) is 54.0 Å². The molecule has 1 aromatic heterocycles. The van der Waals surface area contributed by atoms with Crippen molar-refractivity contribution in [1.82, 2.24) is 36.9 Å². The maximum atomic E-state index is 14.7. The minimum Gasteiger partial charge on any atom is -0.370 e. The highest BCUT2D eigenvalue weighted by molar-refractivity contribution is 5.98. The number of carbonyl (C=O) groups is 6. The molecule has 13 N–H and O–H groups in total. The molecule has 7 amide bonds. The Labute approximate surface area is 373 Å². The first-order valence-corrected chi connectivity index (χ1v) is 22.0. The fourth-order valence-electron chi connectivity index (χ4n) is 8.01. The van der Waals surface area contributed by atoms with Gasteiger partial charge in [0.05, 0.1) is 0 Å². The zero-order chi connectivity index (χ0) is 46.1. The number of rotatable bonds is 22. The van der Waals surface area contributed by atoms with Crippen molar-refractivity contribution < 1.29 is 28.8 Å². The molecule has 4 aromatic rings. The van der Waals surface area contributed by atoms with Gasteiger partial charge >= 0.3 is 6.03 Å². The standard InChI is InChI=1S/C47H63N11O6/c1-3-4-25-52-46(64)58-47(23-21-33(22-24-47)32-16-9-6-10-17-32)44(63)57-38(27-31-14-7-5-8-15-31)43(62)55-37(20-13-26-51-45(49)50)41(60)56-39(42(61)54-30(2)40(48)59)28-34-29-53-36-19-12-11-18-35(34)36/h5-12,14-19,29-30,33,37-39,53H,3-4,13,20-28H2,1-2H3,(H2,48,59)(H,54,61)(H,55,62)(H,56,60)(H,57,63)(H4,49,50,51)(H2,52,58,64). The molecule has 1 aliphatic rings. The number of aliphatic imine (C=N–C) groups is 1. The topological polar surface area (TPSA) is 281 Å². The first-order chi connectivity index (χ1) is 30.8. The summed E-state index contributed by atoms with van der Waals surface area (Å²) in [4.78, 5) is 89.9. The average molecular weight is 878 g/mol. The van der Waals surface area contributed by atoms with Gasteiger partial charge in [0.1, 0.15) is 29.7 Å². The third kappa shape index (κ3) is 13.8. The van der Waals surface area contributed by atoms with Gasteiger partial charge in [-0.05, 0) is 80.5 Å². The minimum absolute atomic E-state index is 0.0284. The second kappa shape index (κ2) is 23.5. The molecule has 3 aromatic carbocycles. The van der Waals surface area contributed by atoms with Gasteiger partial charge in [-0.25, -0.2) is 4.79 Å². The number of unbranched alkanes of at least 4 members (excludes halogenated alkanes) is 1. The number of amides is 7. The Morgan fingerprint density at radius 1 is 0.750 bits per heavy atom. The lowest BCUT2D eigenvalue weighted by molar-refractivity contribution is -0.135. The van der Waals surface area contributed by atoms with Crippen molar-refractivity contribution in [2.24, 2.45) is 22.2 Å². The predicted molar refractivity (Wildman–Crippen MR) is 246 cm³/mol. The van der Waals surface area contributed by atoms with Crippen LogP contribution in [0.2, 0.25) is 0 Å². The predicted octanol–water partition coefficient (Wildman–Crippen LogP) is 2.65. The summed E-state index contributed by atoms with van der Waals surface area (Å²) in [6.07, 6.45) is 5.65. The number of aromatic amines is 1. The molecule has 64 heavy (non-hydrogen) atoms. The van der Waals surface area contributed by atoms with Crippen LogP contribution in [0.25, 0.3) is 10.9 Å². The van der Waals surface area contributed by atoms with Gasteiger partial charge in [0.15, 0.2) is 5.96 Å². The minimum atomic E-state index is -1.33. The highest BCUT2D eigenvalue weighted by Crippen LogP contribution is 2.38. The summed E-state index contributed by atoms with van der Waals surface area (Å²) in [6.45, 7) is 4.03. The summed E-state index contributed by atoms with van der Waals surface area (Å²) >= 11 is 0. The number of H-pyrrole nitrogens is 1. The molecule has 0 bridgehead atoms. The van der Waals surface area contributed by atoms with Gasteiger partial charge in [-0.1, -0.05) is 92.2 Å². The largest absolute Gasteiger partial charge is 0.370 e. The lowest BCUT2D eigenvalue weighted by Crippen LogP contribution is -2.65. The Morgan fingerprint density at radius 3 is 2.03 bits per heavy atom. The van der Waals surface area contributed by atoms with Gasteiger partial charge in [0, 0.05) is 43.0 Å². The van der Waals surface area contributed by atoms with Gasteiger partial charge in [0.2, 0.25) is 29.5 Å². The smallest absolute Gasteiger partial charge is 0.315 e. The molecule has 0 saturated heterocycles. The van der Waals surface area contributed by atoms with Crippen LogP contribution in [0.1, 0.15) is 87.8 Å². The molecule has 1 aliphatic carbocycles. The summed E-state index contributed by atoms with van der Waals surface area (Å²) < 4.78 is 0. The molecular formula is C47H63N11O6. The molecule has 4 unspecified atom stereocenters. The second-order valence-corrected chi connectivity index (χ2v) is 16.5. The molecule has 1 heterocycles. The van der Waals surface area contributed by atoms with Crippen LogP contribution in [-0.4, -0.2) is 89.3 Å². The Kier molecular flexibility index (Phi) is 17.7. The van der Waals surface area contributed by atoms with Crippen LogP contribution in [0.3, 0.4) is 0 Å². The molecule has 4 atom stereocenters. The van der Waals surface area contributed by atoms with Gasteiger partial charge in [-0.2, -0.15) is 0 Å². The van der Waals surface area contributed by atoms with Crippen LogP contribution in [0.5, 0.6) is 0 Å². The van der Waals surface area contributed by atoms with E-state index in [1.807, 2.05) is 79.7 Å². The number of nitrogens with zero attached hydrogens (tertiary/aromatic N) is 1. The normalized spacial score (nSPS) is 17.7. The van der Waals surface area contributed by atoms with Crippen LogP contribution < -0.4 is 49.1 Å². The van der Waals surface area contributed by atoms with Gasteiger partial charge in [0.25, 0.3) is 0 Å². The van der Waals surface area contributed by atoms with E-state index in [9.17, 15) is 28.8 Å². The Morgan fingerprint density at radius 2 is 1.36 bits per heavy atom. The number of para-hydroxylation sites is 1. The zero-order valence-electron chi connectivity index (χ0n) is 36.7. The van der Waals surface area contributed by atoms with E-state index < -0.39 is 65.3 Å². The third-order valence-corrected chi connectivity index (χ3v) is 11.7. The molecule has 17 heteroatoms. The van der Waals surface area contributed by atoms with Crippen molar-refractivity contribution in [3.63, 3.8) is 0 Å². The van der Waals surface area contributed by atoms with E-state index in [1.54, 1.807) is 6.20 Å². The maximum Gasteiger partial charge on any atom is 0.315 e. The quantitative estimate of drug-likeness (QED) is 0.0318. The summed E-state index contributed by atoms with van der Waals surface area (Å²) in [5.74, 6) is -3.28. The molecule has 5 rings (SSSR count). The average Bonchev–Trinajstić information content (AvgIpc) is 3.70. The lowest BCUT2D eigenvalue weighted by Gasteiger charge is -2.40. The molecule has 1 saturated carbocycles. The molecule has 342 valence electrons. The van der Waals surface area contributed by atoms with Crippen LogP contribution in [0.4, 0.5) is 4.79 Å². The highest BCUT2D eigenvalue weighted by Gasteiger charge is 2.45. The third-order valence-electron chi connectivity index (χ3n) is 11.7. The number of nitrogens with one attached hydrogen (secondary N) is 7. The van der Waals surface area contributed by atoms with E-state index in [0.29, 0.717) is 32.2 Å². The van der Waals surface area contributed by atoms with Crippen molar-refractivity contribution in [3.05, 3.63) is 108 Å². The van der Waals surface area contributed by atoms with Gasteiger partial charge in [-0.3, -0.25) is 29.0 Å². The number of carbonyl (C=O) groups excluding carboxylic acids is 6. The molecule has 0 spiro atoms. The van der Waals surface area contributed by atoms with Gasteiger partial charge < -0.3 is 54.1 Å². The SMILES string of the molecule is CCCCNC(=O)NC1(C(=O)NC(Cc2ccccc2)C(=O)NC(CCCN=C(N)N)C(=O)NC(Cc2c[nH]c3ccccc23)C(=O)NC(C)C(N)=O)CCC(c2ccccc2)CC1. The van der Waals surface area contributed by atoms with E-state index in [0.717, 1.165) is 40.4 Å². The Hall–Kier alpha value is -6.91. The number of hydrogen-bond donors (Lipinski definition) is 10. The van der Waals surface area contributed by atoms with Gasteiger partial charge in [-0.15, -0.1) is 0 Å². The highest BCUT2D eigenvalue weighted by atomic mass is 16.2. The maximum absolute atomic E-state index is 14.7. The molecule has 0 aliphatic heterocycles. The van der Waals surface area contributed by atoms with Crippen molar-refractivity contribution in [2.75, 3.05) is 13.1 Å². The number of guanidine groups is 1. The number of urea groups is 1. The van der Waals surface area contributed by atoms with Crippen LogP contribution in [0.15, 0.2) is 96.1 Å². The van der Waals surface area contributed by atoms with E-state index in [-0.39, 0.29) is 44.1 Å². The van der Waals surface area contributed by atoms with Crippen LogP contribution in [0, 0.1) is 0 Å². The van der Waals surface area contributed by atoms with Crippen molar-refractivity contribution in [1.29, 1.82) is 0 Å². The molecular weight excluding hydrogens is 815 g/mol. The molecule has 17 nitrogen and oxygen atoms in total. The number of fused-ring (bicyclic) bond motifs is 1. The summed E-state index contributed by atoms with van der Waals surface area (Å²) in [7, 11) is 0. The monoisotopic (exact) mass is 877 g/mol. The van der Waals surface area contributed by atoms with E-state index in [1.165, 1.54) is 6.92 Å². The Balaban J connectivity index is 1.42. The van der Waals surface area contributed by atoms with Crippen molar-refractivity contribution >= 4 is 52.4 Å². The van der Waals surface area contributed by atoms with Crippen LogP contribution >= 0.6 is 0 Å². The summed E-state index contributed by atoms with van der Waals surface area (Å²) in [6, 6.07) is 21.5. The summed E-state index contributed by atoms with van der Waals surface area (Å²) in [5, 5.41) is 17.9.